The van der Waals surface area contributed by atoms with Crippen LogP contribution in [0.25, 0.3) is 0 Å². The van der Waals surface area contributed by atoms with Gasteiger partial charge in [0, 0.05) is 39.3 Å². The Morgan fingerprint density at radius 2 is 2.00 bits per heavy atom. The van der Waals surface area contributed by atoms with Crippen molar-refractivity contribution >= 4 is 28.3 Å². The number of sulfonamides is 1. The van der Waals surface area contributed by atoms with E-state index < -0.39 is 10.0 Å². The predicted octanol–water partition coefficient (Wildman–Crippen LogP) is -1.22. The van der Waals surface area contributed by atoms with E-state index in [2.05, 4.69) is 20.3 Å². The molecule has 3 N–H and O–H groups in total. The minimum Gasteiger partial charge on any atom is -0.381 e. The molecule has 10 heteroatoms. The molecule has 1 amide bonds. The molecule has 1 rings (SSSR count). The molecule has 0 aromatic heterocycles. The van der Waals surface area contributed by atoms with Crippen molar-refractivity contribution in [1.82, 2.24) is 20.3 Å². The quantitative estimate of drug-likeness (QED) is 0.393. The Bertz CT molecular complexity index is 416. The lowest BCUT2D eigenvalue weighted by atomic mass is 10.3. The maximum absolute atomic E-state index is 11.6. The van der Waals surface area contributed by atoms with Crippen molar-refractivity contribution in [1.29, 1.82) is 0 Å². The van der Waals surface area contributed by atoms with Crippen molar-refractivity contribution in [2.45, 2.75) is 13.3 Å². The van der Waals surface area contributed by atoms with Gasteiger partial charge in [-0.15, -0.1) is 12.4 Å². The van der Waals surface area contributed by atoms with Crippen molar-refractivity contribution in [3.05, 3.63) is 0 Å². The third-order valence-electron chi connectivity index (χ3n) is 3.34. The average molecular weight is 373 g/mol. The first-order chi connectivity index (χ1) is 10.5. The van der Waals surface area contributed by atoms with Gasteiger partial charge < -0.3 is 20.3 Å². The Kier molecular flexibility index (Phi) is 12.7. The van der Waals surface area contributed by atoms with Crippen LogP contribution in [-0.4, -0.2) is 84.0 Å². The Labute approximate surface area is 145 Å². The number of nitrogens with zero attached hydrogens (tertiary/aromatic N) is 1. The second-order valence-corrected chi connectivity index (χ2v) is 7.06. The van der Waals surface area contributed by atoms with Crippen LogP contribution in [0.15, 0.2) is 0 Å². The van der Waals surface area contributed by atoms with Gasteiger partial charge >= 0.3 is 0 Å². The molecule has 0 atom stereocenters. The summed E-state index contributed by atoms with van der Waals surface area (Å²) in [6.07, 6.45) is 0.864. The van der Waals surface area contributed by atoms with Gasteiger partial charge in [0.15, 0.2) is 0 Å². The van der Waals surface area contributed by atoms with E-state index in [4.69, 9.17) is 4.74 Å². The molecule has 8 nitrogen and oxygen atoms in total. The number of halogens is 1. The van der Waals surface area contributed by atoms with Crippen LogP contribution < -0.4 is 15.4 Å². The fourth-order valence-electron chi connectivity index (χ4n) is 2.09. The zero-order valence-corrected chi connectivity index (χ0v) is 15.3. The number of carbonyl (C=O) groups is 1. The number of amides is 1. The topological polar surface area (TPSA) is 99.8 Å². The van der Waals surface area contributed by atoms with E-state index in [1.807, 2.05) is 0 Å². The first-order valence-corrected chi connectivity index (χ1v) is 9.43. The number of hydrogen-bond acceptors (Lipinski definition) is 6. The van der Waals surface area contributed by atoms with Crippen molar-refractivity contribution < 1.29 is 17.9 Å². The highest BCUT2D eigenvalue weighted by atomic mass is 35.5. The first-order valence-electron chi connectivity index (χ1n) is 7.78. The molecular weight excluding hydrogens is 344 g/mol. The minimum absolute atomic E-state index is 0. The summed E-state index contributed by atoms with van der Waals surface area (Å²) in [4.78, 5) is 13.9. The van der Waals surface area contributed by atoms with Gasteiger partial charge in [0.1, 0.15) is 0 Å². The summed E-state index contributed by atoms with van der Waals surface area (Å²) in [6.45, 7) is 7.79. The van der Waals surface area contributed by atoms with Crippen LogP contribution in [0.3, 0.4) is 0 Å². The lowest BCUT2D eigenvalue weighted by Crippen LogP contribution is -2.44. The molecule has 0 aliphatic carbocycles. The Morgan fingerprint density at radius 1 is 1.30 bits per heavy atom. The monoisotopic (exact) mass is 372 g/mol. The molecular formula is C13H29ClN4O4S. The highest BCUT2D eigenvalue weighted by Crippen LogP contribution is 1.93. The summed E-state index contributed by atoms with van der Waals surface area (Å²) in [5.41, 5.74) is 0. The second-order valence-electron chi connectivity index (χ2n) is 5.13. The number of carbonyl (C=O) groups excluding carboxylic acids is 1. The lowest BCUT2D eigenvalue weighted by molar-refractivity contribution is -0.119. The van der Waals surface area contributed by atoms with Crippen LogP contribution in [0.4, 0.5) is 0 Å². The minimum atomic E-state index is -3.45. The lowest BCUT2D eigenvalue weighted by Gasteiger charge is -2.27. The number of nitrogens with one attached hydrogen (secondary N) is 3. The van der Waals surface area contributed by atoms with Gasteiger partial charge in [0.2, 0.25) is 15.9 Å². The number of ether oxygens (including phenoxy) is 1. The maximum Gasteiger partial charge on any atom is 0.235 e. The summed E-state index contributed by atoms with van der Waals surface area (Å²) in [5.74, 6) is -0.433. The Balaban J connectivity index is 0.00000484. The maximum atomic E-state index is 11.6. The van der Waals surface area contributed by atoms with Crippen LogP contribution in [0.2, 0.25) is 0 Å². The van der Waals surface area contributed by atoms with E-state index in [1.54, 1.807) is 6.92 Å². The molecule has 0 bridgehead atoms. The molecule has 1 heterocycles. The Hall–Kier alpha value is -0.450. The Morgan fingerprint density at radius 3 is 2.65 bits per heavy atom. The van der Waals surface area contributed by atoms with Gasteiger partial charge in [-0.2, -0.15) is 0 Å². The molecule has 0 saturated carbocycles. The molecule has 0 unspecified atom stereocenters. The summed E-state index contributed by atoms with van der Waals surface area (Å²) in [6, 6.07) is 0. The molecule has 0 spiro atoms. The van der Waals surface area contributed by atoms with E-state index in [-0.39, 0.29) is 37.2 Å². The van der Waals surface area contributed by atoms with Crippen molar-refractivity contribution in [2.24, 2.45) is 0 Å². The molecule has 0 aromatic rings. The fraction of sp³-hybridized carbons (Fsp3) is 0.923. The molecule has 1 aliphatic rings. The standard InChI is InChI=1S/C13H28N4O4S.ClH/c1-2-21-10-11-22(19,20)16-12-13(18)15-4-3-7-17-8-5-14-6-9-17;/h14,16H,2-12H2,1H3,(H,15,18);1H. The zero-order chi connectivity index (χ0) is 16.3. The van der Waals surface area contributed by atoms with E-state index >= 15 is 0 Å². The number of hydrogen-bond donors (Lipinski definition) is 3. The molecule has 1 aliphatic heterocycles. The molecule has 23 heavy (non-hydrogen) atoms. The predicted molar refractivity (Wildman–Crippen MR) is 92.5 cm³/mol. The van der Waals surface area contributed by atoms with Crippen LogP contribution >= 0.6 is 12.4 Å². The van der Waals surface area contributed by atoms with Gasteiger partial charge in [-0.25, -0.2) is 13.1 Å². The van der Waals surface area contributed by atoms with E-state index in [1.165, 1.54) is 0 Å². The molecule has 1 saturated heterocycles. The highest BCUT2D eigenvalue weighted by Gasteiger charge is 2.12. The van der Waals surface area contributed by atoms with Gasteiger partial charge in [0.25, 0.3) is 0 Å². The normalized spacial score (nSPS) is 15.9. The van der Waals surface area contributed by atoms with Crippen molar-refractivity contribution in [3.63, 3.8) is 0 Å². The van der Waals surface area contributed by atoms with Gasteiger partial charge in [0.05, 0.1) is 18.9 Å². The van der Waals surface area contributed by atoms with E-state index in [0.717, 1.165) is 39.1 Å². The van der Waals surface area contributed by atoms with Gasteiger partial charge in [-0.1, -0.05) is 0 Å². The van der Waals surface area contributed by atoms with Crippen LogP contribution in [-0.2, 0) is 19.6 Å². The summed E-state index contributed by atoms with van der Waals surface area (Å²) in [7, 11) is -3.45. The van der Waals surface area contributed by atoms with E-state index in [0.29, 0.717) is 13.2 Å². The summed E-state index contributed by atoms with van der Waals surface area (Å²) >= 11 is 0. The van der Waals surface area contributed by atoms with Crippen molar-refractivity contribution in [2.75, 3.05) is 64.8 Å². The first kappa shape index (κ1) is 22.6. The SMILES string of the molecule is CCOCCS(=O)(=O)NCC(=O)NCCCN1CCNCC1.Cl. The van der Waals surface area contributed by atoms with Crippen LogP contribution in [0.1, 0.15) is 13.3 Å². The molecule has 0 radical (unpaired) electrons. The average Bonchev–Trinajstić information content (AvgIpc) is 2.51. The van der Waals surface area contributed by atoms with Gasteiger partial charge in [-0.3, -0.25) is 4.79 Å². The third-order valence-corrected chi connectivity index (χ3v) is 4.62. The number of piperazine rings is 1. The van der Waals surface area contributed by atoms with Crippen LogP contribution in [0.5, 0.6) is 0 Å². The second kappa shape index (κ2) is 12.9. The van der Waals surface area contributed by atoms with E-state index in [9.17, 15) is 13.2 Å². The summed E-state index contributed by atoms with van der Waals surface area (Å²) < 4.78 is 30.4. The summed E-state index contributed by atoms with van der Waals surface area (Å²) in [5, 5.41) is 6.01. The van der Waals surface area contributed by atoms with Crippen molar-refractivity contribution in [3.8, 4) is 0 Å². The molecule has 0 aromatic carbocycles. The smallest absolute Gasteiger partial charge is 0.235 e. The molecule has 138 valence electrons. The molecule has 1 fully saturated rings. The largest absolute Gasteiger partial charge is 0.381 e. The van der Waals surface area contributed by atoms with Crippen LogP contribution in [0, 0.1) is 0 Å². The number of rotatable bonds is 11. The third kappa shape index (κ3) is 11.7. The highest BCUT2D eigenvalue weighted by molar-refractivity contribution is 7.89. The van der Waals surface area contributed by atoms with Gasteiger partial charge in [-0.05, 0) is 19.9 Å². The fourth-order valence-corrected chi connectivity index (χ4v) is 2.92. The zero-order valence-electron chi connectivity index (χ0n) is 13.7.